The highest BCUT2D eigenvalue weighted by molar-refractivity contribution is 5.77. The van der Waals surface area contributed by atoms with E-state index in [1.54, 1.807) is 0 Å². The molecule has 3 atom stereocenters. The van der Waals surface area contributed by atoms with Crippen LogP contribution in [0.5, 0.6) is 0 Å². The van der Waals surface area contributed by atoms with Gasteiger partial charge in [-0.05, 0) is 12.3 Å². The molecule has 4 nitrogen and oxygen atoms in total. The lowest BCUT2D eigenvalue weighted by atomic mass is 9.95. The van der Waals surface area contributed by atoms with E-state index in [9.17, 15) is 4.79 Å². The molecule has 14 heavy (non-hydrogen) atoms. The van der Waals surface area contributed by atoms with Gasteiger partial charge in [0.15, 0.2) is 0 Å². The Bertz CT molecular complexity index is 222. The van der Waals surface area contributed by atoms with Crippen LogP contribution >= 0.6 is 0 Å². The predicted molar refractivity (Wildman–Crippen MR) is 52.7 cm³/mol. The van der Waals surface area contributed by atoms with Crippen molar-refractivity contribution in [3.05, 3.63) is 0 Å². The Hall–Kier alpha value is -0.610. The number of rotatable bonds is 1. The summed E-state index contributed by atoms with van der Waals surface area (Å²) in [7, 11) is 0. The molecule has 0 saturated carbocycles. The molecule has 0 aliphatic carbocycles. The average Bonchev–Trinajstić information content (AvgIpc) is 2.49. The van der Waals surface area contributed by atoms with Gasteiger partial charge >= 0.3 is 5.97 Å². The molecule has 2 rings (SSSR count). The molecule has 2 aliphatic heterocycles. The lowest BCUT2D eigenvalue weighted by Gasteiger charge is -2.36. The van der Waals surface area contributed by atoms with Crippen LogP contribution in [0.2, 0.25) is 0 Å². The molecule has 0 aromatic rings. The summed E-state index contributed by atoms with van der Waals surface area (Å²) in [6.45, 7) is 4.58. The number of piperidine rings is 1. The highest BCUT2D eigenvalue weighted by Gasteiger charge is 2.35. The lowest BCUT2D eigenvalue weighted by molar-refractivity contribution is -0.142. The summed E-state index contributed by atoms with van der Waals surface area (Å²) in [6.07, 6.45) is 1.90. The number of esters is 1. The van der Waals surface area contributed by atoms with Crippen molar-refractivity contribution in [3.8, 4) is 0 Å². The van der Waals surface area contributed by atoms with Crippen molar-refractivity contribution in [2.24, 2.45) is 11.7 Å². The average molecular weight is 198 g/mol. The molecule has 0 spiro atoms. The summed E-state index contributed by atoms with van der Waals surface area (Å²) < 4.78 is 4.97. The summed E-state index contributed by atoms with van der Waals surface area (Å²) in [4.78, 5) is 13.6. The molecule has 0 amide bonds. The highest BCUT2D eigenvalue weighted by atomic mass is 16.5. The first kappa shape index (κ1) is 9.93. The molecule has 3 unspecified atom stereocenters. The monoisotopic (exact) mass is 198 g/mol. The standard InChI is InChI=1S/C10H18N2O2/c1-7-4-8(11)6-12(5-7)9-2-3-14-10(9)13/h7-9H,2-6,11H2,1H3. The summed E-state index contributed by atoms with van der Waals surface area (Å²) >= 11 is 0. The highest BCUT2D eigenvalue weighted by Crippen LogP contribution is 2.21. The van der Waals surface area contributed by atoms with Crippen molar-refractivity contribution in [2.45, 2.75) is 31.8 Å². The topological polar surface area (TPSA) is 55.6 Å². The summed E-state index contributed by atoms with van der Waals surface area (Å²) in [5.74, 6) is 0.526. The van der Waals surface area contributed by atoms with E-state index in [1.165, 1.54) is 0 Å². The number of hydrogen-bond donors (Lipinski definition) is 1. The molecule has 2 aliphatic rings. The summed E-state index contributed by atoms with van der Waals surface area (Å²) in [6, 6.07) is 0.191. The second kappa shape index (κ2) is 3.87. The maximum absolute atomic E-state index is 11.4. The maximum Gasteiger partial charge on any atom is 0.323 e. The van der Waals surface area contributed by atoms with Crippen LogP contribution in [-0.4, -0.2) is 42.6 Å². The molecule has 0 radical (unpaired) electrons. The van der Waals surface area contributed by atoms with Crippen molar-refractivity contribution in [1.29, 1.82) is 0 Å². The van der Waals surface area contributed by atoms with E-state index in [1.807, 2.05) is 0 Å². The van der Waals surface area contributed by atoms with Gasteiger partial charge in [0.2, 0.25) is 0 Å². The number of likely N-dealkylation sites (tertiary alicyclic amines) is 1. The van der Waals surface area contributed by atoms with Gasteiger partial charge in [0.05, 0.1) is 6.61 Å². The third-order valence-corrected chi connectivity index (χ3v) is 3.07. The Labute approximate surface area is 84.4 Å². The molecule has 2 saturated heterocycles. The van der Waals surface area contributed by atoms with Crippen molar-refractivity contribution in [2.75, 3.05) is 19.7 Å². The fourth-order valence-corrected chi connectivity index (χ4v) is 2.51. The largest absolute Gasteiger partial charge is 0.464 e. The van der Waals surface area contributed by atoms with Crippen LogP contribution in [0.25, 0.3) is 0 Å². The molecule has 2 heterocycles. The van der Waals surface area contributed by atoms with Gasteiger partial charge in [-0.3, -0.25) is 9.69 Å². The van der Waals surface area contributed by atoms with E-state index in [0.29, 0.717) is 12.5 Å². The van der Waals surface area contributed by atoms with Gasteiger partial charge in [-0.1, -0.05) is 6.92 Å². The Balaban J connectivity index is 1.99. The van der Waals surface area contributed by atoms with Crippen molar-refractivity contribution >= 4 is 5.97 Å². The second-order valence-corrected chi connectivity index (χ2v) is 4.53. The van der Waals surface area contributed by atoms with E-state index in [0.717, 1.165) is 25.9 Å². The summed E-state index contributed by atoms with van der Waals surface area (Å²) in [5, 5.41) is 0. The van der Waals surface area contributed by atoms with E-state index < -0.39 is 0 Å². The van der Waals surface area contributed by atoms with E-state index in [2.05, 4.69) is 11.8 Å². The van der Waals surface area contributed by atoms with Crippen LogP contribution < -0.4 is 5.73 Å². The number of carbonyl (C=O) groups is 1. The Kier molecular flexibility index (Phi) is 2.74. The molecule has 0 aromatic heterocycles. The van der Waals surface area contributed by atoms with Crippen molar-refractivity contribution < 1.29 is 9.53 Å². The first-order valence-corrected chi connectivity index (χ1v) is 5.33. The molecule has 0 aromatic carbocycles. The van der Waals surface area contributed by atoms with Crippen LogP contribution in [0.4, 0.5) is 0 Å². The number of carbonyl (C=O) groups excluding carboxylic acids is 1. The van der Waals surface area contributed by atoms with Gasteiger partial charge in [-0.15, -0.1) is 0 Å². The van der Waals surface area contributed by atoms with Gasteiger partial charge < -0.3 is 10.5 Å². The smallest absolute Gasteiger partial charge is 0.323 e. The van der Waals surface area contributed by atoms with Crippen molar-refractivity contribution in [1.82, 2.24) is 4.90 Å². The van der Waals surface area contributed by atoms with Crippen molar-refractivity contribution in [3.63, 3.8) is 0 Å². The van der Waals surface area contributed by atoms with Gasteiger partial charge in [0, 0.05) is 25.6 Å². The minimum atomic E-state index is -0.0636. The van der Waals surface area contributed by atoms with Gasteiger partial charge in [0.25, 0.3) is 0 Å². The number of nitrogens with two attached hydrogens (primary N) is 1. The van der Waals surface area contributed by atoms with Crippen LogP contribution in [0.15, 0.2) is 0 Å². The molecule has 2 fully saturated rings. The van der Waals surface area contributed by atoms with Gasteiger partial charge in [-0.25, -0.2) is 0 Å². The van der Waals surface area contributed by atoms with Gasteiger partial charge in [0.1, 0.15) is 6.04 Å². The number of nitrogens with zero attached hydrogens (tertiary/aromatic N) is 1. The van der Waals surface area contributed by atoms with E-state index >= 15 is 0 Å². The van der Waals surface area contributed by atoms with Crippen LogP contribution in [0.3, 0.4) is 0 Å². The SMILES string of the molecule is CC1CC(N)CN(C2CCOC2=O)C1. The Morgan fingerprint density at radius 1 is 1.50 bits per heavy atom. The first-order valence-electron chi connectivity index (χ1n) is 5.33. The predicted octanol–water partition coefficient (Wildman–Crippen LogP) is -0.0290. The minimum absolute atomic E-state index is 0.0243. The zero-order valence-electron chi connectivity index (χ0n) is 8.61. The Morgan fingerprint density at radius 3 is 2.86 bits per heavy atom. The molecule has 4 heteroatoms. The lowest BCUT2D eigenvalue weighted by Crippen LogP contribution is -2.51. The van der Waals surface area contributed by atoms with Crippen LogP contribution in [0, 0.1) is 5.92 Å². The minimum Gasteiger partial charge on any atom is -0.464 e. The fraction of sp³-hybridized carbons (Fsp3) is 0.900. The molecular formula is C10H18N2O2. The zero-order chi connectivity index (χ0) is 10.1. The second-order valence-electron chi connectivity index (χ2n) is 4.53. The maximum atomic E-state index is 11.4. The first-order chi connectivity index (χ1) is 6.66. The molecule has 0 bridgehead atoms. The van der Waals surface area contributed by atoms with E-state index in [-0.39, 0.29) is 18.1 Å². The van der Waals surface area contributed by atoms with Crippen LogP contribution in [0.1, 0.15) is 19.8 Å². The van der Waals surface area contributed by atoms with Gasteiger partial charge in [-0.2, -0.15) is 0 Å². The Morgan fingerprint density at radius 2 is 2.29 bits per heavy atom. The molecule has 2 N–H and O–H groups in total. The summed E-state index contributed by atoms with van der Waals surface area (Å²) in [5.41, 5.74) is 5.93. The third-order valence-electron chi connectivity index (χ3n) is 3.07. The van der Waals surface area contributed by atoms with Crippen LogP contribution in [-0.2, 0) is 9.53 Å². The quantitative estimate of drug-likeness (QED) is 0.601. The zero-order valence-corrected chi connectivity index (χ0v) is 8.61. The number of cyclic esters (lactones) is 1. The number of ether oxygens (including phenoxy) is 1. The normalized spacial score (nSPS) is 39.9. The number of hydrogen-bond acceptors (Lipinski definition) is 4. The third kappa shape index (κ3) is 1.91. The molecule has 80 valence electrons. The van der Waals surface area contributed by atoms with E-state index in [4.69, 9.17) is 10.5 Å². The fourth-order valence-electron chi connectivity index (χ4n) is 2.51. The molecular weight excluding hydrogens is 180 g/mol.